The Morgan fingerprint density at radius 3 is 2.30 bits per heavy atom. The highest BCUT2D eigenvalue weighted by atomic mass is 16.5. The van der Waals surface area contributed by atoms with Crippen LogP contribution in [0.15, 0.2) is 24.3 Å². The summed E-state index contributed by atoms with van der Waals surface area (Å²) in [5.41, 5.74) is 1.42. The molecule has 2 amide bonds. The highest BCUT2D eigenvalue weighted by Gasteiger charge is 2.05. The molecule has 0 spiro atoms. The van der Waals surface area contributed by atoms with Gasteiger partial charge in [-0.1, -0.05) is 26.0 Å². The van der Waals surface area contributed by atoms with Crippen molar-refractivity contribution in [1.29, 1.82) is 0 Å². The predicted molar refractivity (Wildman–Crippen MR) is 90.4 cm³/mol. The van der Waals surface area contributed by atoms with Crippen LogP contribution >= 0.6 is 0 Å². The van der Waals surface area contributed by atoms with Gasteiger partial charge in [0.1, 0.15) is 0 Å². The minimum Gasteiger partial charge on any atom is -0.465 e. The molecule has 23 heavy (non-hydrogen) atoms. The minimum atomic E-state index is -0.365. The molecule has 1 rings (SSSR count). The third kappa shape index (κ3) is 7.15. The Labute approximate surface area is 138 Å². The SMILES string of the molecule is CCN(CC)CCCNC(=O)NCc1ccc(C(=O)OC)cc1. The second-order valence-corrected chi connectivity index (χ2v) is 5.18. The fourth-order valence-corrected chi connectivity index (χ4v) is 2.17. The molecule has 0 atom stereocenters. The van der Waals surface area contributed by atoms with E-state index in [1.165, 1.54) is 7.11 Å². The number of hydrogen-bond acceptors (Lipinski definition) is 4. The van der Waals surface area contributed by atoms with Gasteiger partial charge in [0.2, 0.25) is 0 Å². The van der Waals surface area contributed by atoms with E-state index in [4.69, 9.17) is 0 Å². The number of nitrogens with one attached hydrogen (secondary N) is 2. The molecule has 2 N–H and O–H groups in total. The van der Waals surface area contributed by atoms with Gasteiger partial charge in [0.25, 0.3) is 0 Å². The van der Waals surface area contributed by atoms with E-state index >= 15 is 0 Å². The van der Waals surface area contributed by atoms with Crippen LogP contribution < -0.4 is 10.6 Å². The number of urea groups is 1. The molecule has 0 fully saturated rings. The lowest BCUT2D eigenvalue weighted by atomic mass is 10.1. The van der Waals surface area contributed by atoms with Crippen LogP contribution in [0, 0.1) is 0 Å². The van der Waals surface area contributed by atoms with Crippen LogP contribution in [-0.2, 0) is 11.3 Å². The van der Waals surface area contributed by atoms with Gasteiger partial charge in [-0.3, -0.25) is 0 Å². The first-order chi connectivity index (χ1) is 11.1. The fraction of sp³-hybridized carbons (Fsp3) is 0.529. The third-order valence-corrected chi connectivity index (χ3v) is 3.66. The third-order valence-electron chi connectivity index (χ3n) is 3.66. The number of esters is 1. The quantitative estimate of drug-likeness (QED) is 0.539. The normalized spacial score (nSPS) is 10.4. The molecule has 0 bridgehead atoms. The highest BCUT2D eigenvalue weighted by Crippen LogP contribution is 2.05. The van der Waals surface area contributed by atoms with Crippen molar-refractivity contribution in [3.8, 4) is 0 Å². The van der Waals surface area contributed by atoms with Gasteiger partial charge >= 0.3 is 12.0 Å². The second-order valence-electron chi connectivity index (χ2n) is 5.18. The number of carbonyl (C=O) groups is 2. The van der Waals surface area contributed by atoms with Crippen LogP contribution in [0.25, 0.3) is 0 Å². The summed E-state index contributed by atoms with van der Waals surface area (Å²) in [7, 11) is 1.35. The molecule has 1 aromatic rings. The van der Waals surface area contributed by atoms with Crippen LogP contribution in [0.4, 0.5) is 4.79 Å². The Morgan fingerprint density at radius 1 is 1.09 bits per heavy atom. The van der Waals surface area contributed by atoms with Gasteiger partial charge in [-0.05, 0) is 43.8 Å². The first kappa shape index (κ1) is 19.0. The van der Waals surface area contributed by atoms with Gasteiger partial charge in [-0.2, -0.15) is 0 Å². The topological polar surface area (TPSA) is 70.7 Å². The summed E-state index contributed by atoms with van der Waals surface area (Å²) >= 11 is 0. The van der Waals surface area contributed by atoms with E-state index in [0.717, 1.165) is 31.6 Å². The summed E-state index contributed by atoms with van der Waals surface area (Å²) in [6.07, 6.45) is 0.933. The number of methoxy groups -OCH3 is 1. The molecule has 1 aromatic carbocycles. The van der Waals surface area contributed by atoms with Crippen molar-refractivity contribution in [3.63, 3.8) is 0 Å². The van der Waals surface area contributed by atoms with Gasteiger partial charge < -0.3 is 20.3 Å². The summed E-state index contributed by atoms with van der Waals surface area (Å²) in [6.45, 7) is 8.40. The van der Waals surface area contributed by atoms with Crippen LogP contribution in [0.1, 0.15) is 36.2 Å². The first-order valence-corrected chi connectivity index (χ1v) is 8.02. The van der Waals surface area contributed by atoms with E-state index in [-0.39, 0.29) is 12.0 Å². The number of carbonyl (C=O) groups excluding carboxylic acids is 2. The second kappa shape index (κ2) is 10.6. The van der Waals surface area contributed by atoms with Crippen molar-refractivity contribution >= 4 is 12.0 Å². The number of nitrogens with zero attached hydrogens (tertiary/aromatic N) is 1. The van der Waals surface area contributed by atoms with Crippen LogP contribution in [0.2, 0.25) is 0 Å². The van der Waals surface area contributed by atoms with Gasteiger partial charge in [-0.15, -0.1) is 0 Å². The molecule has 0 saturated carbocycles. The molecule has 0 aliphatic heterocycles. The number of hydrogen-bond donors (Lipinski definition) is 2. The molecule has 0 aromatic heterocycles. The summed E-state index contributed by atoms with van der Waals surface area (Å²) in [5.74, 6) is -0.365. The lowest BCUT2D eigenvalue weighted by molar-refractivity contribution is 0.0600. The number of ether oxygens (including phenoxy) is 1. The van der Waals surface area contributed by atoms with Crippen LogP contribution in [0.3, 0.4) is 0 Å². The van der Waals surface area contributed by atoms with Crippen molar-refractivity contribution in [1.82, 2.24) is 15.5 Å². The van der Waals surface area contributed by atoms with Crippen molar-refractivity contribution in [2.24, 2.45) is 0 Å². The largest absolute Gasteiger partial charge is 0.465 e. The highest BCUT2D eigenvalue weighted by molar-refractivity contribution is 5.89. The minimum absolute atomic E-state index is 0.179. The smallest absolute Gasteiger partial charge is 0.337 e. The number of benzene rings is 1. The molecule has 128 valence electrons. The van der Waals surface area contributed by atoms with Crippen molar-refractivity contribution in [3.05, 3.63) is 35.4 Å². The average molecular weight is 321 g/mol. The Bertz CT molecular complexity index is 484. The van der Waals surface area contributed by atoms with Gasteiger partial charge in [-0.25, -0.2) is 9.59 Å². The van der Waals surface area contributed by atoms with Crippen LogP contribution in [-0.4, -0.2) is 50.2 Å². The standard InChI is InChI=1S/C17H27N3O3/c1-4-20(5-2)12-6-11-18-17(22)19-13-14-7-9-15(10-8-14)16(21)23-3/h7-10H,4-6,11-13H2,1-3H3,(H2,18,19,22). The van der Waals surface area contributed by atoms with E-state index in [1.807, 2.05) is 0 Å². The maximum Gasteiger partial charge on any atom is 0.337 e. The molecular formula is C17H27N3O3. The van der Waals surface area contributed by atoms with E-state index in [2.05, 4.69) is 34.1 Å². The van der Waals surface area contributed by atoms with Gasteiger partial charge in [0.15, 0.2) is 0 Å². The zero-order valence-electron chi connectivity index (χ0n) is 14.2. The Morgan fingerprint density at radius 2 is 1.74 bits per heavy atom. The Balaban J connectivity index is 2.24. The van der Waals surface area contributed by atoms with E-state index in [9.17, 15) is 9.59 Å². The molecule has 0 saturated heterocycles. The van der Waals surface area contributed by atoms with E-state index < -0.39 is 0 Å². The maximum atomic E-state index is 11.7. The van der Waals surface area contributed by atoms with Crippen molar-refractivity contribution in [2.45, 2.75) is 26.8 Å². The number of rotatable bonds is 9. The van der Waals surface area contributed by atoms with Crippen molar-refractivity contribution < 1.29 is 14.3 Å². The molecular weight excluding hydrogens is 294 g/mol. The Kier molecular flexibility index (Phi) is 8.75. The Hall–Kier alpha value is -2.08. The monoisotopic (exact) mass is 321 g/mol. The molecule has 0 aliphatic carbocycles. The lowest BCUT2D eigenvalue weighted by Crippen LogP contribution is -2.36. The molecule has 0 aliphatic rings. The molecule has 0 heterocycles. The lowest BCUT2D eigenvalue weighted by Gasteiger charge is -2.17. The number of amides is 2. The van der Waals surface area contributed by atoms with Gasteiger partial charge in [0, 0.05) is 13.1 Å². The zero-order valence-corrected chi connectivity index (χ0v) is 14.2. The fourth-order valence-electron chi connectivity index (χ4n) is 2.17. The van der Waals surface area contributed by atoms with Gasteiger partial charge in [0.05, 0.1) is 12.7 Å². The van der Waals surface area contributed by atoms with E-state index in [1.54, 1.807) is 24.3 Å². The molecule has 0 unspecified atom stereocenters. The molecule has 0 radical (unpaired) electrons. The summed E-state index contributed by atoms with van der Waals surface area (Å²) < 4.78 is 4.64. The zero-order chi connectivity index (χ0) is 17.1. The summed E-state index contributed by atoms with van der Waals surface area (Å²) in [5, 5.41) is 5.64. The first-order valence-electron chi connectivity index (χ1n) is 8.02. The summed E-state index contributed by atoms with van der Waals surface area (Å²) in [4.78, 5) is 25.4. The van der Waals surface area contributed by atoms with Crippen LogP contribution in [0.5, 0.6) is 0 Å². The van der Waals surface area contributed by atoms with Crippen molar-refractivity contribution in [2.75, 3.05) is 33.3 Å². The molecule has 6 nitrogen and oxygen atoms in total. The average Bonchev–Trinajstić information content (AvgIpc) is 2.59. The molecule has 6 heteroatoms. The van der Waals surface area contributed by atoms with E-state index in [0.29, 0.717) is 18.7 Å². The predicted octanol–water partition coefficient (Wildman–Crippen LogP) is 2.00. The summed E-state index contributed by atoms with van der Waals surface area (Å²) in [6, 6.07) is 6.79. The maximum absolute atomic E-state index is 11.7.